The number of thiazole rings is 1. The smallest absolute Gasteiger partial charge is 0.317 e. The Morgan fingerprint density at radius 3 is 2.83 bits per heavy atom. The molecule has 0 radical (unpaired) electrons. The third-order valence-corrected chi connectivity index (χ3v) is 4.59. The zero-order valence-corrected chi connectivity index (χ0v) is 14.3. The average molecular weight is 334 g/mol. The molecule has 23 heavy (non-hydrogen) atoms. The van der Waals surface area contributed by atoms with Crippen molar-refractivity contribution in [3.8, 4) is 11.5 Å². The summed E-state index contributed by atoms with van der Waals surface area (Å²) in [5.74, 6) is 0.808. The molecule has 0 atom stereocenters. The fourth-order valence-corrected chi connectivity index (χ4v) is 3.38. The Bertz CT molecular complexity index is 630. The lowest BCUT2D eigenvalue weighted by Crippen LogP contribution is -2.52. The van der Waals surface area contributed by atoms with Crippen molar-refractivity contribution in [3.05, 3.63) is 28.8 Å². The van der Waals surface area contributed by atoms with Gasteiger partial charge in [0.25, 0.3) is 0 Å². The quantitative estimate of drug-likeness (QED) is 0.934. The second-order valence-corrected chi connectivity index (χ2v) is 6.91. The number of carbonyl (C=O) groups is 1. The van der Waals surface area contributed by atoms with Crippen LogP contribution in [0.5, 0.6) is 0 Å². The minimum Gasteiger partial charge on any atom is -0.463 e. The molecule has 1 fully saturated rings. The number of nitrogens with one attached hydrogen (secondary N) is 1. The predicted octanol–water partition coefficient (Wildman–Crippen LogP) is 2.64. The molecule has 0 unspecified atom stereocenters. The minimum atomic E-state index is 0.0361. The Morgan fingerprint density at radius 2 is 2.17 bits per heavy atom. The maximum absolute atomic E-state index is 12.0. The Balaban J connectivity index is 1.50. The fourth-order valence-electron chi connectivity index (χ4n) is 2.56. The van der Waals surface area contributed by atoms with E-state index in [0.29, 0.717) is 0 Å². The second-order valence-electron chi connectivity index (χ2n) is 5.97. The number of aromatic nitrogens is 1. The summed E-state index contributed by atoms with van der Waals surface area (Å²) in [5.41, 5.74) is 0.893. The second kappa shape index (κ2) is 7.14. The van der Waals surface area contributed by atoms with Gasteiger partial charge in [-0.1, -0.05) is 0 Å². The van der Waals surface area contributed by atoms with Crippen LogP contribution in [0.15, 0.2) is 28.2 Å². The summed E-state index contributed by atoms with van der Waals surface area (Å²) < 4.78 is 5.37. The molecule has 0 saturated carbocycles. The largest absolute Gasteiger partial charge is 0.463 e. The van der Waals surface area contributed by atoms with Gasteiger partial charge < -0.3 is 14.6 Å². The minimum absolute atomic E-state index is 0.0361. The number of furan rings is 1. The van der Waals surface area contributed by atoms with Crippen LogP contribution >= 0.6 is 11.3 Å². The number of urea groups is 1. The van der Waals surface area contributed by atoms with E-state index in [1.807, 2.05) is 36.3 Å². The van der Waals surface area contributed by atoms with Crippen molar-refractivity contribution >= 4 is 17.4 Å². The van der Waals surface area contributed by atoms with E-state index in [1.54, 1.807) is 17.6 Å². The van der Waals surface area contributed by atoms with Crippen molar-refractivity contribution in [2.24, 2.45) is 0 Å². The van der Waals surface area contributed by atoms with Crippen LogP contribution in [0.2, 0.25) is 0 Å². The summed E-state index contributed by atoms with van der Waals surface area (Å²) >= 11 is 1.65. The van der Waals surface area contributed by atoms with Gasteiger partial charge in [-0.2, -0.15) is 0 Å². The number of hydrogen-bond donors (Lipinski definition) is 1. The van der Waals surface area contributed by atoms with E-state index in [0.717, 1.165) is 49.2 Å². The van der Waals surface area contributed by atoms with Crippen molar-refractivity contribution in [3.63, 3.8) is 0 Å². The molecule has 2 aromatic rings. The highest BCUT2D eigenvalue weighted by atomic mass is 32.1. The molecule has 0 aliphatic carbocycles. The molecule has 1 saturated heterocycles. The van der Waals surface area contributed by atoms with E-state index in [4.69, 9.17) is 4.42 Å². The number of piperazine rings is 1. The first-order valence-corrected chi connectivity index (χ1v) is 8.76. The molecular formula is C16H22N4O2S. The van der Waals surface area contributed by atoms with Gasteiger partial charge in [-0.05, 0) is 26.0 Å². The lowest BCUT2D eigenvalue weighted by molar-refractivity contribution is 0.134. The first kappa shape index (κ1) is 16.0. The van der Waals surface area contributed by atoms with E-state index in [9.17, 15) is 4.79 Å². The Hall–Kier alpha value is -1.86. The van der Waals surface area contributed by atoms with Crippen LogP contribution in [0.4, 0.5) is 4.79 Å². The highest BCUT2D eigenvalue weighted by Gasteiger charge is 2.22. The predicted molar refractivity (Wildman–Crippen MR) is 90.3 cm³/mol. The van der Waals surface area contributed by atoms with Gasteiger partial charge in [0.2, 0.25) is 0 Å². The zero-order valence-electron chi connectivity index (χ0n) is 13.5. The summed E-state index contributed by atoms with van der Waals surface area (Å²) in [6.45, 7) is 8.05. The maximum atomic E-state index is 12.0. The molecule has 1 aliphatic heterocycles. The van der Waals surface area contributed by atoms with Crippen molar-refractivity contribution in [2.75, 3.05) is 26.2 Å². The molecule has 0 spiro atoms. The van der Waals surface area contributed by atoms with Gasteiger partial charge in [0.15, 0.2) is 5.76 Å². The molecule has 1 N–H and O–H groups in total. The molecule has 3 heterocycles. The van der Waals surface area contributed by atoms with Crippen molar-refractivity contribution in [2.45, 2.75) is 26.4 Å². The molecule has 3 rings (SSSR count). The van der Waals surface area contributed by atoms with E-state index in [1.165, 1.54) is 0 Å². The van der Waals surface area contributed by atoms with Crippen molar-refractivity contribution in [1.82, 2.24) is 20.1 Å². The average Bonchev–Trinajstić information content (AvgIpc) is 3.18. The summed E-state index contributed by atoms with van der Waals surface area (Å²) in [6.07, 6.45) is 1.66. The van der Waals surface area contributed by atoms with Gasteiger partial charge in [0.05, 0.1) is 12.8 Å². The topological polar surface area (TPSA) is 61.6 Å². The van der Waals surface area contributed by atoms with Crippen LogP contribution in [0.3, 0.4) is 0 Å². The molecule has 6 nitrogen and oxygen atoms in total. The molecule has 2 aromatic heterocycles. The molecular weight excluding hydrogens is 312 g/mol. The van der Waals surface area contributed by atoms with Crippen LogP contribution in [0.1, 0.15) is 18.9 Å². The van der Waals surface area contributed by atoms with Crippen molar-refractivity contribution in [1.29, 1.82) is 0 Å². The third-order valence-electron chi connectivity index (χ3n) is 3.76. The summed E-state index contributed by atoms with van der Waals surface area (Å²) in [7, 11) is 0. The lowest BCUT2D eigenvalue weighted by atomic mass is 10.3. The standard InChI is InChI=1S/C16H22N4O2S/c1-12(2)17-16(21)20-7-5-19(6-8-20)10-15-18-13(11-23-15)14-4-3-9-22-14/h3-4,9,11-12H,5-8,10H2,1-2H3,(H,17,21). The Labute approximate surface area is 140 Å². The monoisotopic (exact) mass is 334 g/mol. The van der Waals surface area contributed by atoms with Gasteiger partial charge in [0.1, 0.15) is 10.7 Å². The molecule has 0 bridgehead atoms. The van der Waals surface area contributed by atoms with Crippen LogP contribution in [0.25, 0.3) is 11.5 Å². The Morgan fingerprint density at radius 1 is 1.39 bits per heavy atom. The highest BCUT2D eigenvalue weighted by molar-refractivity contribution is 7.09. The first-order valence-electron chi connectivity index (χ1n) is 7.88. The van der Waals surface area contributed by atoms with E-state index in [-0.39, 0.29) is 12.1 Å². The lowest BCUT2D eigenvalue weighted by Gasteiger charge is -2.34. The van der Waals surface area contributed by atoms with Crippen LogP contribution < -0.4 is 5.32 Å². The molecule has 1 aliphatic rings. The summed E-state index contributed by atoms with van der Waals surface area (Å²) in [6, 6.07) is 4.01. The number of carbonyl (C=O) groups excluding carboxylic acids is 1. The fraction of sp³-hybridized carbons (Fsp3) is 0.500. The summed E-state index contributed by atoms with van der Waals surface area (Å²) in [5, 5.41) is 6.05. The molecule has 0 aromatic carbocycles. The van der Waals surface area contributed by atoms with Gasteiger partial charge in [-0.15, -0.1) is 11.3 Å². The Kier molecular flexibility index (Phi) is 4.97. The summed E-state index contributed by atoms with van der Waals surface area (Å²) in [4.78, 5) is 20.8. The van der Waals surface area contributed by atoms with Crippen LogP contribution in [0, 0.1) is 0 Å². The number of nitrogens with zero attached hydrogens (tertiary/aromatic N) is 3. The van der Waals surface area contributed by atoms with Gasteiger partial charge in [-0.3, -0.25) is 4.90 Å². The number of amides is 2. The van der Waals surface area contributed by atoms with E-state index in [2.05, 4.69) is 15.2 Å². The van der Waals surface area contributed by atoms with Gasteiger partial charge in [0, 0.05) is 37.6 Å². The van der Waals surface area contributed by atoms with Gasteiger partial charge >= 0.3 is 6.03 Å². The van der Waals surface area contributed by atoms with Gasteiger partial charge in [-0.25, -0.2) is 9.78 Å². The van der Waals surface area contributed by atoms with Crippen LogP contribution in [-0.4, -0.2) is 53.0 Å². The molecule has 124 valence electrons. The zero-order chi connectivity index (χ0) is 16.2. The van der Waals surface area contributed by atoms with Crippen LogP contribution in [-0.2, 0) is 6.54 Å². The normalized spacial score (nSPS) is 16.0. The highest BCUT2D eigenvalue weighted by Crippen LogP contribution is 2.23. The van der Waals surface area contributed by atoms with E-state index >= 15 is 0 Å². The SMILES string of the molecule is CC(C)NC(=O)N1CCN(Cc2nc(-c3ccco3)cs2)CC1. The first-order chi connectivity index (χ1) is 11.1. The molecule has 2 amide bonds. The number of rotatable bonds is 4. The molecule has 7 heteroatoms. The maximum Gasteiger partial charge on any atom is 0.317 e. The number of hydrogen-bond acceptors (Lipinski definition) is 5. The van der Waals surface area contributed by atoms with Crippen molar-refractivity contribution < 1.29 is 9.21 Å². The van der Waals surface area contributed by atoms with E-state index < -0.39 is 0 Å². The third kappa shape index (κ3) is 4.11.